The van der Waals surface area contributed by atoms with E-state index in [9.17, 15) is 4.79 Å². The summed E-state index contributed by atoms with van der Waals surface area (Å²) in [6.45, 7) is 2.90. The van der Waals surface area contributed by atoms with Crippen molar-refractivity contribution in [2.24, 2.45) is 0 Å². The van der Waals surface area contributed by atoms with E-state index in [-0.39, 0.29) is 6.03 Å². The van der Waals surface area contributed by atoms with Crippen LogP contribution in [0.3, 0.4) is 0 Å². The zero-order valence-electron chi connectivity index (χ0n) is 13.5. The van der Waals surface area contributed by atoms with E-state index in [1.165, 1.54) is 12.8 Å². The monoisotopic (exact) mass is 328 g/mol. The maximum absolute atomic E-state index is 12.0. The first-order valence-electron chi connectivity index (χ1n) is 8.16. The molecule has 0 aromatic heterocycles. The van der Waals surface area contributed by atoms with Gasteiger partial charge in [-0.1, -0.05) is 68.3 Å². The third-order valence-electron chi connectivity index (χ3n) is 3.42. The molecule has 0 heterocycles. The summed E-state index contributed by atoms with van der Waals surface area (Å²) in [6, 6.07) is 17.9. The first kappa shape index (κ1) is 17.4. The second kappa shape index (κ2) is 9.95. The van der Waals surface area contributed by atoms with Crippen LogP contribution >= 0.6 is 11.8 Å². The van der Waals surface area contributed by atoms with Gasteiger partial charge in [0.15, 0.2) is 0 Å². The molecule has 0 radical (unpaired) electrons. The average Bonchev–Trinajstić information content (AvgIpc) is 2.57. The lowest BCUT2D eigenvalue weighted by Gasteiger charge is -2.11. The first-order valence-corrected chi connectivity index (χ1v) is 8.98. The van der Waals surface area contributed by atoms with Crippen LogP contribution in [0, 0.1) is 0 Å². The van der Waals surface area contributed by atoms with E-state index >= 15 is 0 Å². The van der Waals surface area contributed by atoms with Gasteiger partial charge in [0.1, 0.15) is 0 Å². The second-order valence-corrected chi connectivity index (χ2v) is 6.47. The molecule has 2 rings (SSSR count). The van der Waals surface area contributed by atoms with E-state index in [2.05, 4.69) is 29.7 Å². The topological polar surface area (TPSA) is 41.1 Å². The lowest BCUT2D eigenvalue weighted by Crippen LogP contribution is -2.29. The average molecular weight is 328 g/mol. The number of para-hydroxylation sites is 1. The van der Waals surface area contributed by atoms with Crippen molar-refractivity contribution >= 4 is 23.5 Å². The highest BCUT2D eigenvalue weighted by molar-refractivity contribution is 7.99. The fourth-order valence-corrected chi connectivity index (χ4v) is 3.12. The van der Waals surface area contributed by atoms with Crippen molar-refractivity contribution in [3.8, 4) is 0 Å². The number of nitrogens with one attached hydrogen (secondary N) is 2. The van der Waals surface area contributed by atoms with E-state index < -0.39 is 0 Å². The van der Waals surface area contributed by atoms with Gasteiger partial charge in [-0.05, 0) is 30.7 Å². The predicted octanol–water partition coefficient (Wildman–Crippen LogP) is 5.54. The number of benzene rings is 2. The van der Waals surface area contributed by atoms with Crippen LogP contribution in [-0.4, -0.2) is 12.6 Å². The van der Waals surface area contributed by atoms with Gasteiger partial charge in [-0.3, -0.25) is 0 Å². The van der Waals surface area contributed by atoms with Crippen LogP contribution in [0.5, 0.6) is 0 Å². The third-order valence-corrected chi connectivity index (χ3v) is 4.51. The lowest BCUT2D eigenvalue weighted by atomic mass is 10.2. The van der Waals surface area contributed by atoms with Crippen molar-refractivity contribution < 1.29 is 4.79 Å². The Kier molecular flexibility index (Phi) is 7.54. The van der Waals surface area contributed by atoms with E-state index in [1.54, 1.807) is 11.8 Å². The molecule has 0 aliphatic rings. The number of carbonyl (C=O) groups is 1. The molecule has 0 saturated carbocycles. The SMILES string of the molecule is CCCCCCNC(=O)Nc1ccccc1Sc1ccccc1. The van der Waals surface area contributed by atoms with E-state index in [0.717, 1.165) is 34.9 Å². The Labute approximate surface area is 142 Å². The molecule has 3 nitrogen and oxygen atoms in total. The number of rotatable bonds is 8. The highest BCUT2D eigenvalue weighted by Crippen LogP contribution is 2.33. The number of carbonyl (C=O) groups excluding carboxylic acids is 1. The van der Waals surface area contributed by atoms with Crippen LogP contribution in [0.15, 0.2) is 64.4 Å². The fraction of sp³-hybridized carbons (Fsp3) is 0.316. The minimum Gasteiger partial charge on any atom is -0.338 e. The predicted molar refractivity (Wildman–Crippen MR) is 98.2 cm³/mol. The maximum Gasteiger partial charge on any atom is 0.319 e. The number of unbranched alkanes of at least 4 members (excludes halogenated alkanes) is 3. The van der Waals surface area contributed by atoms with Gasteiger partial charge in [0.2, 0.25) is 0 Å². The summed E-state index contributed by atoms with van der Waals surface area (Å²) < 4.78 is 0. The molecule has 2 aromatic rings. The van der Waals surface area contributed by atoms with Gasteiger partial charge >= 0.3 is 6.03 Å². The Hall–Kier alpha value is -1.94. The molecular formula is C19H24N2OS. The minimum atomic E-state index is -0.136. The zero-order valence-corrected chi connectivity index (χ0v) is 14.4. The molecule has 0 aliphatic heterocycles. The van der Waals surface area contributed by atoms with Gasteiger partial charge in [0.05, 0.1) is 5.69 Å². The molecule has 0 saturated heterocycles. The molecule has 0 bridgehead atoms. The van der Waals surface area contributed by atoms with Crippen LogP contribution in [0.1, 0.15) is 32.6 Å². The van der Waals surface area contributed by atoms with E-state index in [0.29, 0.717) is 0 Å². The summed E-state index contributed by atoms with van der Waals surface area (Å²) in [5, 5.41) is 5.87. The van der Waals surface area contributed by atoms with Crippen molar-refractivity contribution in [3.63, 3.8) is 0 Å². The van der Waals surface area contributed by atoms with Crippen LogP contribution < -0.4 is 10.6 Å². The Morgan fingerprint density at radius 1 is 0.957 bits per heavy atom. The van der Waals surface area contributed by atoms with Gasteiger partial charge in [-0.25, -0.2) is 4.79 Å². The summed E-state index contributed by atoms with van der Waals surface area (Å²) >= 11 is 1.65. The highest BCUT2D eigenvalue weighted by Gasteiger charge is 2.07. The molecule has 2 amide bonds. The van der Waals surface area contributed by atoms with Crippen molar-refractivity contribution in [2.75, 3.05) is 11.9 Å². The quantitative estimate of drug-likeness (QED) is 0.625. The maximum atomic E-state index is 12.0. The Balaban J connectivity index is 1.88. The number of anilines is 1. The van der Waals surface area contributed by atoms with Crippen LogP contribution in [0.4, 0.5) is 10.5 Å². The van der Waals surface area contributed by atoms with Crippen molar-refractivity contribution in [1.82, 2.24) is 5.32 Å². The fourth-order valence-electron chi connectivity index (χ4n) is 2.19. The lowest BCUT2D eigenvalue weighted by molar-refractivity contribution is 0.252. The highest BCUT2D eigenvalue weighted by atomic mass is 32.2. The van der Waals surface area contributed by atoms with Gasteiger partial charge in [0.25, 0.3) is 0 Å². The smallest absolute Gasteiger partial charge is 0.319 e. The molecule has 0 atom stereocenters. The molecule has 23 heavy (non-hydrogen) atoms. The summed E-state index contributed by atoms with van der Waals surface area (Å²) in [5.74, 6) is 0. The first-order chi connectivity index (χ1) is 11.3. The van der Waals surface area contributed by atoms with E-state index in [4.69, 9.17) is 0 Å². The standard InChI is InChI=1S/C19H24N2OS/c1-2-3-4-10-15-20-19(22)21-17-13-8-9-14-18(17)23-16-11-6-5-7-12-16/h5-9,11-14H,2-4,10,15H2,1H3,(H2,20,21,22). The Morgan fingerprint density at radius 2 is 1.70 bits per heavy atom. The molecule has 122 valence electrons. The molecule has 0 fully saturated rings. The third kappa shape index (κ3) is 6.37. The number of amides is 2. The van der Waals surface area contributed by atoms with Crippen molar-refractivity contribution in [1.29, 1.82) is 0 Å². The van der Waals surface area contributed by atoms with Gasteiger partial charge in [0, 0.05) is 16.3 Å². The Bertz CT molecular complexity index is 601. The normalized spacial score (nSPS) is 10.3. The molecule has 0 aliphatic carbocycles. The summed E-state index contributed by atoms with van der Waals surface area (Å²) in [7, 11) is 0. The zero-order chi connectivity index (χ0) is 16.3. The van der Waals surface area contributed by atoms with Crippen LogP contribution in [-0.2, 0) is 0 Å². The minimum absolute atomic E-state index is 0.136. The second-order valence-electron chi connectivity index (χ2n) is 5.35. The number of urea groups is 1. The van der Waals surface area contributed by atoms with Gasteiger partial charge in [-0.2, -0.15) is 0 Å². The van der Waals surface area contributed by atoms with Crippen molar-refractivity contribution in [2.45, 2.75) is 42.4 Å². The molecule has 2 N–H and O–H groups in total. The largest absolute Gasteiger partial charge is 0.338 e. The summed E-state index contributed by atoms with van der Waals surface area (Å²) in [6.07, 6.45) is 4.62. The summed E-state index contributed by atoms with van der Waals surface area (Å²) in [5.41, 5.74) is 0.840. The van der Waals surface area contributed by atoms with Gasteiger partial charge < -0.3 is 10.6 Å². The van der Waals surface area contributed by atoms with Crippen LogP contribution in [0.2, 0.25) is 0 Å². The molecule has 4 heteroatoms. The van der Waals surface area contributed by atoms with Gasteiger partial charge in [-0.15, -0.1) is 0 Å². The summed E-state index contributed by atoms with van der Waals surface area (Å²) in [4.78, 5) is 14.2. The molecule has 0 unspecified atom stereocenters. The number of hydrogen-bond acceptors (Lipinski definition) is 2. The Morgan fingerprint density at radius 3 is 2.48 bits per heavy atom. The molecular weight excluding hydrogens is 304 g/mol. The number of hydrogen-bond donors (Lipinski definition) is 2. The van der Waals surface area contributed by atoms with Crippen LogP contribution in [0.25, 0.3) is 0 Å². The molecule has 0 spiro atoms. The van der Waals surface area contributed by atoms with Crippen molar-refractivity contribution in [3.05, 3.63) is 54.6 Å². The molecule has 2 aromatic carbocycles. The van der Waals surface area contributed by atoms with E-state index in [1.807, 2.05) is 42.5 Å².